The highest BCUT2D eigenvalue weighted by molar-refractivity contribution is 5.97. The van der Waals surface area contributed by atoms with Crippen LogP contribution in [0.3, 0.4) is 0 Å². The number of amides is 2. The van der Waals surface area contributed by atoms with Crippen LogP contribution in [0.4, 0.5) is 0 Å². The fourth-order valence-electron chi connectivity index (χ4n) is 2.47. The molecule has 144 valence electrons. The standard InChI is InChI=1S/C20H30N2O4/c1-13(2)12-16(22-17(23)15-10-8-7-9-11-15)18(24)21-14(3)20(4,5)19(25)26-6/h7-11,13-14,16H,12H2,1-6H3,(H,21,24)(H,22,23)/t14-,16+/m1/s1. The second kappa shape index (κ2) is 9.36. The molecule has 0 spiro atoms. The summed E-state index contributed by atoms with van der Waals surface area (Å²) in [6.45, 7) is 9.14. The molecule has 2 atom stereocenters. The number of hydrogen-bond acceptors (Lipinski definition) is 4. The van der Waals surface area contributed by atoms with E-state index in [9.17, 15) is 14.4 Å². The molecule has 0 saturated carbocycles. The Balaban J connectivity index is 2.86. The van der Waals surface area contributed by atoms with Crippen molar-refractivity contribution in [1.82, 2.24) is 10.6 Å². The first-order valence-corrected chi connectivity index (χ1v) is 8.84. The van der Waals surface area contributed by atoms with Crippen molar-refractivity contribution in [3.8, 4) is 0 Å². The van der Waals surface area contributed by atoms with E-state index in [4.69, 9.17) is 4.74 Å². The van der Waals surface area contributed by atoms with Crippen LogP contribution < -0.4 is 10.6 Å². The molecule has 6 nitrogen and oxygen atoms in total. The van der Waals surface area contributed by atoms with Gasteiger partial charge in [0, 0.05) is 11.6 Å². The average molecular weight is 362 g/mol. The molecular weight excluding hydrogens is 332 g/mol. The maximum Gasteiger partial charge on any atom is 0.313 e. The molecule has 6 heteroatoms. The van der Waals surface area contributed by atoms with E-state index in [0.29, 0.717) is 12.0 Å². The number of carbonyl (C=O) groups excluding carboxylic acids is 3. The van der Waals surface area contributed by atoms with Gasteiger partial charge in [-0.15, -0.1) is 0 Å². The van der Waals surface area contributed by atoms with Crippen molar-refractivity contribution in [1.29, 1.82) is 0 Å². The molecule has 0 bridgehead atoms. The van der Waals surface area contributed by atoms with Crippen molar-refractivity contribution >= 4 is 17.8 Å². The van der Waals surface area contributed by atoms with Gasteiger partial charge < -0.3 is 15.4 Å². The van der Waals surface area contributed by atoms with Crippen molar-refractivity contribution in [3.63, 3.8) is 0 Å². The molecule has 0 saturated heterocycles. The van der Waals surface area contributed by atoms with E-state index in [1.54, 1.807) is 45.0 Å². The quantitative estimate of drug-likeness (QED) is 0.696. The van der Waals surface area contributed by atoms with Gasteiger partial charge in [-0.2, -0.15) is 0 Å². The fourth-order valence-corrected chi connectivity index (χ4v) is 2.47. The van der Waals surface area contributed by atoms with Gasteiger partial charge in [-0.3, -0.25) is 14.4 Å². The molecule has 1 aromatic carbocycles. The van der Waals surface area contributed by atoms with Crippen LogP contribution in [0, 0.1) is 11.3 Å². The lowest BCUT2D eigenvalue weighted by Gasteiger charge is -2.31. The minimum absolute atomic E-state index is 0.214. The van der Waals surface area contributed by atoms with Gasteiger partial charge >= 0.3 is 5.97 Å². The molecule has 0 aliphatic carbocycles. The number of benzene rings is 1. The number of rotatable bonds is 8. The van der Waals surface area contributed by atoms with Gasteiger partial charge in [0.1, 0.15) is 6.04 Å². The first-order chi connectivity index (χ1) is 12.1. The monoisotopic (exact) mass is 362 g/mol. The maximum atomic E-state index is 12.7. The van der Waals surface area contributed by atoms with Gasteiger partial charge in [0.15, 0.2) is 0 Å². The Morgan fingerprint density at radius 1 is 1.04 bits per heavy atom. The molecule has 0 fully saturated rings. The van der Waals surface area contributed by atoms with Crippen LogP contribution in [-0.4, -0.2) is 37.0 Å². The summed E-state index contributed by atoms with van der Waals surface area (Å²) in [5, 5.41) is 5.64. The molecule has 2 amide bonds. The zero-order chi connectivity index (χ0) is 19.9. The van der Waals surface area contributed by atoms with E-state index >= 15 is 0 Å². The largest absolute Gasteiger partial charge is 0.469 e. The summed E-state index contributed by atoms with van der Waals surface area (Å²) in [5.41, 5.74) is -0.382. The van der Waals surface area contributed by atoms with Gasteiger partial charge in [0.25, 0.3) is 5.91 Å². The lowest BCUT2D eigenvalue weighted by Crippen LogP contribution is -2.54. The highest BCUT2D eigenvalue weighted by Gasteiger charge is 2.37. The Morgan fingerprint density at radius 3 is 2.12 bits per heavy atom. The molecule has 0 aromatic heterocycles. The van der Waals surface area contributed by atoms with Gasteiger partial charge in [-0.05, 0) is 45.2 Å². The topological polar surface area (TPSA) is 84.5 Å². The Kier molecular flexibility index (Phi) is 7.80. The predicted octanol–water partition coefficient (Wildman–Crippen LogP) is 2.54. The number of esters is 1. The first-order valence-electron chi connectivity index (χ1n) is 8.84. The second-order valence-electron chi connectivity index (χ2n) is 7.47. The van der Waals surface area contributed by atoms with Crippen LogP contribution in [0.2, 0.25) is 0 Å². The van der Waals surface area contributed by atoms with E-state index in [2.05, 4.69) is 10.6 Å². The number of carbonyl (C=O) groups is 3. The van der Waals surface area contributed by atoms with Crippen LogP contribution in [-0.2, 0) is 14.3 Å². The van der Waals surface area contributed by atoms with Gasteiger partial charge in [-0.1, -0.05) is 32.0 Å². The fraction of sp³-hybridized carbons (Fsp3) is 0.550. The Labute approximate surface area is 155 Å². The number of nitrogens with one attached hydrogen (secondary N) is 2. The van der Waals surface area contributed by atoms with Gasteiger partial charge in [0.2, 0.25) is 5.91 Å². The lowest BCUT2D eigenvalue weighted by atomic mass is 9.85. The number of hydrogen-bond donors (Lipinski definition) is 2. The smallest absolute Gasteiger partial charge is 0.313 e. The molecule has 0 radical (unpaired) electrons. The third-order valence-corrected chi connectivity index (χ3v) is 4.52. The Hall–Kier alpha value is -2.37. The minimum atomic E-state index is -0.879. The van der Waals surface area contributed by atoms with Crippen LogP contribution in [0.25, 0.3) is 0 Å². The summed E-state index contributed by atoms with van der Waals surface area (Å²) in [6.07, 6.45) is 0.496. The summed E-state index contributed by atoms with van der Waals surface area (Å²) in [5.74, 6) is -0.802. The zero-order valence-electron chi connectivity index (χ0n) is 16.5. The van der Waals surface area contributed by atoms with Crippen LogP contribution >= 0.6 is 0 Å². The van der Waals surface area contributed by atoms with Crippen molar-refractivity contribution in [3.05, 3.63) is 35.9 Å². The third kappa shape index (κ3) is 5.86. The van der Waals surface area contributed by atoms with Crippen molar-refractivity contribution in [2.24, 2.45) is 11.3 Å². The summed E-state index contributed by atoms with van der Waals surface area (Å²) in [7, 11) is 1.32. The second-order valence-corrected chi connectivity index (χ2v) is 7.47. The molecule has 1 rings (SSSR count). The molecular formula is C20H30N2O4. The lowest BCUT2D eigenvalue weighted by molar-refractivity contribution is -0.152. The van der Waals surface area contributed by atoms with E-state index in [1.807, 2.05) is 19.9 Å². The summed E-state index contributed by atoms with van der Waals surface area (Å²) < 4.78 is 4.81. The van der Waals surface area contributed by atoms with Crippen LogP contribution in [0.1, 0.15) is 51.4 Å². The van der Waals surface area contributed by atoms with E-state index in [1.165, 1.54) is 7.11 Å². The van der Waals surface area contributed by atoms with E-state index in [-0.39, 0.29) is 17.7 Å². The molecule has 0 aliphatic heterocycles. The van der Waals surface area contributed by atoms with Crippen molar-refractivity contribution < 1.29 is 19.1 Å². The predicted molar refractivity (Wildman–Crippen MR) is 101 cm³/mol. The Morgan fingerprint density at radius 2 is 1.62 bits per heavy atom. The molecule has 0 heterocycles. The van der Waals surface area contributed by atoms with E-state index < -0.39 is 23.5 Å². The highest BCUT2D eigenvalue weighted by Crippen LogP contribution is 2.22. The SMILES string of the molecule is COC(=O)C(C)(C)[C@@H](C)NC(=O)[C@H](CC(C)C)NC(=O)c1ccccc1. The average Bonchev–Trinajstić information content (AvgIpc) is 2.60. The van der Waals surface area contributed by atoms with Crippen LogP contribution in [0.5, 0.6) is 0 Å². The number of methoxy groups -OCH3 is 1. The van der Waals surface area contributed by atoms with Gasteiger partial charge in [0.05, 0.1) is 12.5 Å². The summed E-state index contributed by atoms with van der Waals surface area (Å²) in [6, 6.07) is 7.63. The normalized spacial score (nSPS) is 13.7. The summed E-state index contributed by atoms with van der Waals surface area (Å²) in [4.78, 5) is 37.1. The number of ether oxygens (including phenoxy) is 1. The highest BCUT2D eigenvalue weighted by atomic mass is 16.5. The molecule has 2 N–H and O–H groups in total. The van der Waals surface area contributed by atoms with Crippen LogP contribution in [0.15, 0.2) is 30.3 Å². The third-order valence-electron chi connectivity index (χ3n) is 4.52. The van der Waals surface area contributed by atoms with Gasteiger partial charge in [-0.25, -0.2) is 0 Å². The van der Waals surface area contributed by atoms with Crippen molar-refractivity contribution in [2.75, 3.05) is 7.11 Å². The first kappa shape index (κ1) is 21.7. The zero-order valence-corrected chi connectivity index (χ0v) is 16.5. The Bertz CT molecular complexity index is 626. The molecule has 0 unspecified atom stereocenters. The molecule has 1 aromatic rings. The molecule has 0 aliphatic rings. The molecule has 26 heavy (non-hydrogen) atoms. The van der Waals surface area contributed by atoms with E-state index in [0.717, 1.165) is 0 Å². The maximum absolute atomic E-state index is 12.7. The minimum Gasteiger partial charge on any atom is -0.469 e. The van der Waals surface area contributed by atoms with Crippen molar-refractivity contribution in [2.45, 2.75) is 53.1 Å². The summed E-state index contributed by atoms with van der Waals surface area (Å²) >= 11 is 0.